The van der Waals surface area contributed by atoms with E-state index >= 15 is 0 Å². The normalized spacial score (nSPS) is 15.9. The lowest BCUT2D eigenvalue weighted by atomic mass is 9.94. The van der Waals surface area contributed by atoms with Crippen molar-refractivity contribution in [2.45, 2.75) is 50.7 Å². The van der Waals surface area contributed by atoms with Crippen LogP contribution in [0.4, 0.5) is 5.69 Å². The van der Waals surface area contributed by atoms with E-state index in [1.807, 2.05) is 0 Å². The van der Waals surface area contributed by atoms with E-state index in [-0.39, 0.29) is 41.5 Å². The number of hydrogen-bond acceptors (Lipinski definition) is 6. The number of nitrogens with one attached hydrogen (secondary N) is 1. The molecule has 1 N–H and O–H groups in total. The molecule has 186 valence electrons. The summed E-state index contributed by atoms with van der Waals surface area (Å²) >= 11 is 12.4. The van der Waals surface area contributed by atoms with E-state index in [1.165, 1.54) is 23.1 Å². The van der Waals surface area contributed by atoms with Crippen molar-refractivity contribution in [3.05, 3.63) is 62.7 Å². The summed E-state index contributed by atoms with van der Waals surface area (Å²) in [4.78, 5) is 38.9. The van der Waals surface area contributed by atoms with E-state index in [1.54, 1.807) is 18.2 Å². The van der Waals surface area contributed by atoms with Crippen LogP contribution in [-0.2, 0) is 16.1 Å². The van der Waals surface area contributed by atoms with Crippen LogP contribution in [0.1, 0.15) is 49.3 Å². The van der Waals surface area contributed by atoms with Crippen molar-refractivity contribution >= 4 is 40.7 Å². The van der Waals surface area contributed by atoms with Gasteiger partial charge < -0.3 is 19.7 Å². The van der Waals surface area contributed by atoms with Crippen molar-refractivity contribution in [2.75, 3.05) is 12.7 Å². The summed E-state index contributed by atoms with van der Waals surface area (Å²) in [5, 5.41) is 14.6. The number of non-ortho nitro benzene ring substituents is 1. The van der Waals surface area contributed by atoms with E-state index in [2.05, 4.69) is 5.32 Å². The number of nitro groups is 1. The Kier molecular flexibility index (Phi) is 7.97. The van der Waals surface area contributed by atoms with Crippen molar-refractivity contribution < 1.29 is 24.0 Å². The summed E-state index contributed by atoms with van der Waals surface area (Å²) in [7, 11) is 0. The molecule has 1 saturated carbocycles. The van der Waals surface area contributed by atoms with Gasteiger partial charge in [0, 0.05) is 35.3 Å². The van der Waals surface area contributed by atoms with Gasteiger partial charge in [0.05, 0.1) is 4.92 Å². The largest absolute Gasteiger partial charge is 0.454 e. The lowest BCUT2D eigenvalue weighted by molar-refractivity contribution is -0.384. The smallest absolute Gasteiger partial charge is 0.269 e. The molecule has 1 fully saturated rings. The predicted octanol–water partition coefficient (Wildman–Crippen LogP) is 4.73. The van der Waals surface area contributed by atoms with E-state index < -0.39 is 22.8 Å². The number of ether oxygens (including phenoxy) is 2. The van der Waals surface area contributed by atoms with Crippen molar-refractivity contribution in [1.29, 1.82) is 0 Å². The standard InChI is InChI=1S/C24H25Cl2N3O6/c25-12-22(30)28(13-15-6-9-20-21(10-15)35-14-34-20)23(24(31)27-16-4-2-1-3-5-16)18-11-17(29(32)33)7-8-19(18)26/h6-11,16,23H,1-5,12-14H2,(H,27,31). The van der Waals surface area contributed by atoms with Gasteiger partial charge >= 0.3 is 0 Å². The first-order valence-electron chi connectivity index (χ1n) is 11.4. The Hall–Kier alpha value is -3.04. The molecule has 0 radical (unpaired) electrons. The highest BCUT2D eigenvalue weighted by Gasteiger charge is 2.35. The lowest BCUT2D eigenvalue weighted by Crippen LogP contribution is -2.47. The molecule has 2 aliphatic rings. The monoisotopic (exact) mass is 521 g/mol. The number of hydrogen-bond donors (Lipinski definition) is 1. The Morgan fingerprint density at radius 2 is 1.86 bits per heavy atom. The zero-order valence-electron chi connectivity index (χ0n) is 18.9. The molecular formula is C24H25Cl2N3O6. The van der Waals surface area contributed by atoms with E-state index in [0.717, 1.165) is 32.1 Å². The second-order valence-corrected chi connectivity index (χ2v) is 9.23. The number of benzene rings is 2. The number of nitrogens with zero attached hydrogens (tertiary/aromatic N) is 2. The van der Waals surface area contributed by atoms with Gasteiger partial charge in [-0.3, -0.25) is 19.7 Å². The molecule has 11 heteroatoms. The number of carbonyl (C=O) groups excluding carboxylic acids is 2. The van der Waals surface area contributed by atoms with E-state index in [0.29, 0.717) is 17.1 Å². The minimum absolute atomic E-state index is 0.00394. The minimum atomic E-state index is -1.22. The average molecular weight is 522 g/mol. The molecule has 1 atom stereocenters. The highest BCUT2D eigenvalue weighted by Crippen LogP contribution is 2.36. The molecule has 1 aliphatic carbocycles. The lowest BCUT2D eigenvalue weighted by Gasteiger charge is -2.33. The Bertz CT molecular complexity index is 1120. The number of fused-ring (bicyclic) bond motifs is 1. The fourth-order valence-electron chi connectivity index (χ4n) is 4.47. The Labute approximate surface area is 212 Å². The van der Waals surface area contributed by atoms with Crippen LogP contribution in [-0.4, -0.2) is 40.4 Å². The molecule has 1 heterocycles. The van der Waals surface area contributed by atoms with Gasteiger partial charge in [0.1, 0.15) is 11.9 Å². The fourth-order valence-corrected chi connectivity index (χ4v) is 4.84. The summed E-state index contributed by atoms with van der Waals surface area (Å²) < 4.78 is 10.8. The first kappa shape index (κ1) is 25.1. The van der Waals surface area contributed by atoms with E-state index in [4.69, 9.17) is 32.7 Å². The third-order valence-corrected chi connectivity index (χ3v) is 6.79. The maximum absolute atomic E-state index is 13.7. The predicted molar refractivity (Wildman–Crippen MR) is 130 cm³/mol. The van der Waals surface area contributed by atoms with Gasteiger partial charge in [0.2, 0.25) is 18.6 Å². The van der Waals surface area contributed by atoms with Crippen LogP contribution in [0, 0.1) is 10.1 Å². The highest BCUT2D eigenvalue weighted by atomic mass is 35.5. The van der Waals surface area contributed by atoms with Crippen molar-refractivity contribution in [2.24, 2.45) is 0 Å². The van der Waals surface area contributed by atoms with Crippen LogP contribution in [0.5, 0.6) is 11.5 Å². The number of carbonyl (C=O) groups is 2. The Balaban J connectivity index is 1.73. The first-order valence-corrected chi connectivity index (χ1v) is 12.3. The molecule has 0 saturated heterocycles. The average Bonchev–Trinajstić information content (AvgIpc) is 3.32. The summed E-state index contributed by atoms with van der Waals surface area (Å²) in [5.41, 5.74) is 0.597. The van der Waals surface area contributed by atoms with Gasteiger partial charge in [0.15, 0.2) is 11.5 Å². The number of halogens is 2. The second-order valence-electron chi connectivity index (χ2n) is 8.55. The summed E-state index contributed by atoms with van der Waals surface area (Å²) in [5.74, 6) is -0.256. The summed E-state index contributed by atoms with van der Waals surface area (Å²) in [6, 6.07) is 7.79. The van der Waals surface area contributed by atoms with Gasteiger partial charge in [-0.1, -0.05) is 36.9 Å². The van der Waals surface area contributed by atoms with Crippen LogP contribution in [0.3, 0.4) is 0 Å². The van der Waals surface area contributed by atoms with Crippen LogP contribution in [0.2, 0.25) is 5.02 Å². The Morgan fingerprint density at radius 3 is 2.57 bits per heavy atom. The van der Waals surface area contributed by atoms with E-state index in [9.17, 15) is 19.7 Å². The molecule has 2 aromatic rings. The minimum Gasteiger partial charge on any atom is -0.454 e. The maximum atomic E-state index is 13.7. The van der Waals surface area contributed by atoms with Crippen LogP contribution in [0.25, 0.3) is 0 Å². The van der Waals surface area contributed by atoms with Gasteiger partial charge in [0.25, 0.3) is 5.69 Å². The highest BCUT2D eigenvalue weighted by molar-refractivity contribution is 6.32. The third kappa shape index (κ3) is 5.79. The SMILES string of the molecule is O=C(NC1CCCCC1)C(c1cc([N+](=O)[O-])ccc1Cl)N(Cc1ccc2c(c1)OCO2)C(=O)CCl. The van der Waals surface area contributed by atoms with Crippen molar-refractivity contribution in [3.63, 3.8) is 0 Å². The molecule has 35 heavy (non-hydrogen) atoms. The van der Waals surface area contributed by atoms with Crippen molar-refractivity contribution in [3.8, 4) is 11.5 Å². The van der Waals surface area contributed by atoms with Gasteiger partial charge in [-0.2, -0.15) is 0 Å². The molecule has 4 rings (SSSR count). The quantitative estimate of drug-likeness (QED) is 0.305. The Morgan fingerprint density at radius 1 is 1.11 bits per heavy atom. The molecular weight excluding hydrogens is 497 g/mol. The maximum Gasteiger partial charge on any atom is 0.269 e. The van der Waals surface area contributed by atoms with Gasteiger partial charge in [-0.15, -0.1) is 11.6 Å². The summed E-state index contributed by atoms with van der Waals surface area (Å²) in [6.07, 6.45) is 4.75. The number of amides is 2. The molecule has 0 bridgehead atoms. The van der Waals surface area contributed by atoms with Crippen LogP contribution >= 0.6 is 23.2 Å². The molecule has 1 aliphatic heterocycles. The number of nitro benzene ring substituents is 1. The molecule has 0 aromatic heterocycles. The van der Waals surface area contributed by atoms with Crippen LogP contribution in [0.15, 0.2) is 36.4 Å². The zero-order chi connectivity index (χ0) is 24.9. The topological polar surface area (TPSA) is 111 Å². The summed E-state index contributed by atoms with van der Waals surface area (Å²) in [6.45, 7) is 0.1000. The third-order valence-electron chi connectivity index (χ3n) is 6.22. The van der Waals surface area contributed by atoms with Crippen molar-refractivity contribution in [1.82, 2.24) is 10.2 Å². The molecule has 0 spiro atoms. The van der Waals surface area contributed by atoms with Gasteiger partial charge in [-0.25, -0.2) is 0 Å². The molecule has 9 nitrogen and oxygen atoms in total. The number of alkyl halides is 1. The molecule has 2 amide bonds. The first-order chi connectivity index (χ1) is 16.9. The second kappa shape index (κ2) is 11.1. The fraction of sp³-hybridized carbons (Fsp3) is 0.417. The zero-order valence-corrected chi connectivity index (χ0v) is 20.4. The van der Waals surface area contributed by atoms with Crippen LogP contribution < -0.4 is 14.8 Å². The molecule has 2 aromatic carbocycles. The molecule has 1 unspecified atom stereocenters. The number of rotatable bonds is 8. The van der Waals surface area contributed by atoms with Gasteiger partial charge in [-0.05, 0) is 36.6 Å².